The summed E-state index contributed by atoms with van der Waals surface area (Å²) in [6.07, 6.45) is -0.473. The summed E-state index contributed by atoms with van der Waals surface area (Å²) in [5, 5.41) is 13.0. The number of aromatic hydroxyl groups is 1. The maximum Gasteiger partial charge on any atom is 0.263 e. The van der Waals surface area contributed by atoms with Gasteiger partial charge in [0, 0.05) is 18.0 Å². The third-order valence-corrected chi connectivity index (χ3v) is 3.04. The first-order chi connectivity index (χ1) is 7.68. The third-order valence-electron chi connectivity index (χ3n) is 3.04. The van der Waals surface area contributed by atoms with E-state index < -0.39 is 6.43 Å². The Kier molecular flexibility index (Phi) is 3.39. The molecule has 1 heterocycles. The number of hydrogen-bond acceptors (Lipinski definition) is 2. The molecule has 2 rings (SSSR count). The van der Waals surface area contributed by atoms with Crippen LogP contribution in [0.25, 0.3) is 0 Å². The zero-order chi connectivity index (χ0) is 11.5. The molecule has 0 spiro atoms. The number of phenols is 1. The second kappa shape index (κ2) is 4.78. The molecule has 0 radical (unpaired) electrons. The van der Waals surface area contributed by atoms with Crippen molar-refractivity contribution in [2.45, 2.75) is 25.2 Å². The van der Waals surface area contributed by atoms with Crippen molar-refractivity contribution in [3.05, 3.63) is 29.3 Å². The van der Waals surface area contributed by atoms with Gasteiger partial charge in [-0.15, -0.1) is 0 Å². The number of hydrogen-bond donors (Lipinski definition) is 2. The molecule has 1 fully saturated rings. The normalized spacial score (nSPS) is 21.3. The van der Waals surface area contributed by atoms with Crippen molar-refractivity contribution in [3.8, 4) is 5.75 Å². The molecule has 0 aliphatic carbocycles. The van der Waals surface area contributed by atoms with Crippen LogP contribution in [-0.2, 0) is 0 Å². The number of piperidine rings is 1. The van der Waals surface area contributed by atoms with Crippen LogP contribution in [0.1, 0.15) is 36.3 Å². The van der Waals surface area contributed by atoms with Crippen LogP contribution in [0.5, 0.6) is 5.75 Å². The van der Waals surface area contributed by atoms with Crippen molar-refractivity contribution < 1.29 is 13.9 Å². The van der Waals surface area contributed by atoms with Gasteiger partial charge in [-0.3, -0.25) is 0 Å². The fourth-order valence-corrected chi connectivity index (χ4v) is 2.16. The molecule has 2 nitrogen and oxygen atoms in total. The van der Waals surface area contributed by atoms with Gasteiger partial charge in [0.05, 0.1) is 0 Å². The van der Waals surface area contributed by atoms with Gasteiger partial charge in [0.2, 0.25) is 0 Å². The molecule has 1 unspecified atom stereocenters. The Bertz CT molecular complexity index is 362. The summed E-state index contributed by atoms with van der Waals surface area (Å²) in [5.74, 6) is 0.229. The number of benzene rings is 1. The molecule has 1 aliphatic heterocycles. The summed E-state index contributed by atoms with van der Waals surface area (Å²) >= 11 is 0. The maximum absolute atomic E-state index is 12.4. The number of phenolic OH excluding ortho intramolecular Hbond substituents is 1. The van der Waals surface area contributed by atoms with Crippen LogP contribution >= 0.6 is 0 Å². The first-order valence-corrected chi connectivity index (χ1v) is 5.50. The predicted octanol–water partition coefficient (Wildman–Crippen LogP) is 2.80. The molecule has 1 aliphatic rings. The van der Waals surface area contributed by atoms with Gasteiger partial charge >= 0.3 is 0 Å². The van der Waals surface area contributed by atoms with Gasteiger partial charge in [-0.05, 0) is 31.0 Å². The molecule has 0 amide bonds. The molecule has 1 atom stereocenters. The van der Waals surface area contributed by atoms with Crippen LogP contribution in [0, 0.1) is 0 Å². The zero-order valence-corrected chi connectivity index (χ0v) is 8.92. The van der Waals surface area contributed by atoms with E-state index in [1.807, 2.05) is 0 Å². The molecule has 16 heavy (non-hydrogen) atoms. The van der Waals surface area contributed by atoms with Crippen molar-refractivity contribution >= 4 is 0 Å². The van der Waals surface area contributed by atoms with Crippen molar-refractivity contribution in [1.29, 1.82) is 0 Å². The predicted molar refractivity (Wildman–Crippen MR) is 57.9 cm³/mol. The average molecular weight is 227 g/mol. The second-order valence-corrected chi connectivity index (χ2v) is 4.16. The first kappa shape index (κ1) is 11.3. The van der Waals surface area contributed by atoms with Crippen LogP contribution in [0.2, 0.25) is 0 Å². The second-order valence-electron chi connectivity index (χ2n) is 4.16. The van der Waals surface area contributed by atoms with Crippen molar-refractivity contribution in [3.63, 3.8) is 0 Å². The Morgan fingerprint density at radius 3 is 2.75 bits per heavy atom. The minimum absolute atomic E-state index is 0.00787. The Balaban J connectivity index is 2.21. The van der Waals surface area contributed by atoms with Crippen LogP contribution in [0.4, 0.5) is 8.78 Å². The van der Waals surface area contributed by atoms with Crippen LogP contribution in [0.15, 0.2) is 18.2 Å². The molecule has 1 aromatic carbocycles. The van der Waals surface area contributed by atoms with Crippen molar-refractivity contribution in [1.82, 2.24) is 5.32 Å². The highest BCUT2D eigenvalue weighted by Crippen LogP contribution is 2.33. The van der Waals surface area contributed by atoms with Gasteiger partial charge in [0.25, 0.3) is 6.43 Å². The lowest BCUT2D eigenvalue weighted by Crippen LogP contribution is -2.28. The van der Waals surface area contributed by atoms with E-state index in [9.17, 15) is 13.9 Å². The number of nitrogens with one attached hydrogen (secondary N) is 1. The summed E-state index contributed by atoms with van der Waals surface area (Å²) in [7, 11) is 0. The lowest BCUT2D eigenvalue weighted by molar-refractivity contribution is 0.151. The van der Waals surface area contributed by atoms with Crippen molar-refractivity contribution in [2.24, 2.45) is 0 Å². The quantitative estimate of drug-likeness (QED) is 0.814. The van der Waals surface area contributed by atoms with Crippen LogP contribution in [0.3, 0.4) is 0 Å². The van der Waals surface area contributed by atoms with Gasteiger partial charge in [-0.2, -0.15) is 0 Å². The fourth-order valence-electron chi connectivity index (χ4n) is 2.16. The van der Waals surface area contributed by atoms with Gasteiger partial charge < -0.3 is 10.4 Å². The highest BCUT2D eigenvalue weighted by Gasteiger charge is 2.19. The smallest absolute Gasteiger partial charge is 0.263 e. The van der Waals surface area contributed by atoms with E-state index in [1.165, 1.54) is 12.1 Å². The van der Waals surface area contributed by atoms with E-state index in [-0.39, 0.29) is 17.2 Å². The Morgan fingerprint density at radius 1 is 1.38 bits per heavy atom. The standard InChI is InChI=1S/C12H15F2NO/c13-12(14)8-3-4-10(11(16)6-8)9-2-1-5-15-7-9/h3-4,6,9,12,15-16H,1-2,5,7H2. The Labute approximate surface area is 93.3 Å². The number of rotatable bonds is 2. The van der Waals surface area contributed by atoms with E-state index in [1.54, 1.807) is 6.07 Å². The van der Waals surface area contributed by atoms with E-state index in [2.05, 4.69) is 5.32 Å². The molecule has 2 N–H and O–H groups in total. The molecule has 0 saturated carbocycles. The SMILES string of the molecule is Oc1cc(C(F)F)ccc1C1CCCNC1. The fraction of sp³-hybridized carbons (Fsp3) is 0.500. The van der Waals surface area contributed by atoms with E-state index in [4.69, 9.17) is 0 Å². The molecule has 0 bridgehead atoms. The minimum Gasteiger partial charge on any atom is -0.508 e. The number of alkyl halides is 2. The van der Waals surface area contributed by atoms with Gasteiger partial charge in [0.1, 0.15) is 5.75 Å². The molecule has 88 valence electrons. The summed E-state index contributed by atoms with van der Waals surface area (Å²) < 4.78 is 24.8. The van der Waals surface area contributed by atoms with Crippen LogP contribution in [-0.4, -0.2) is 18.2 Å². The summed E-state index contributed by atoms with van der Waals surface area (Å²) in [4.78, 5) is 0. The zero-order valence-electron chi connectivity index (χ0n) is 8.92. The monoisotopic (exact) mass is 227 g/mol. The Hall–Kier alpha value is -1.16. The number of halogens is 2. The highest BCUT2D eigenvalue weighted by molar-refractivity contribution is 5.39. The molecule has 4 heteroatoms. The van der Waals surface area contributed by atoms with Gasteiger partial charge in [-0.25, -0.2) is 8.78 Å². The highest BCUT2D eigenvalue weighted by atomic mass is 19.3. The van der Waals surface area contributed by atoms with E-state index >= 15 is 0 Å². The largest absolute Gasteiger partial charge is 0.508 e. The summed E-state index contributed by atoms with van der Waals surface area (Å²) in [6, 6.07) is 4.19. The third kappa shape index (κ3) is 2.32. The molecule has 0 aromatic heterocycles. The molecular weight excluding hydrogens is 212 g/mol. The minimum atomic E-state index is -2.52. The lowest BCUT2D eigenvalue weighted by atomic mass is 9.90. The molecular formula is C12H15F2NO. The molecule has 1 saturated heterocycles. The van der Waals surface area contributed by atoms with Crippen molar-refractivity contribution in [2.75, 3.05) is 13.1 Å². The summed E-state index contributed by atoms with van der Waals surface area (Å²) in [5.41, 5.74) is 0.654. The first-order valence-electron chi connectivity index (χ1n) is 5.50. The maximum atomic E-state index is 12.4. The summed E-state index contributed by atoms with van der Waals surface area (Å²) in [6.45, 7) is 1.80. The van der Waals surface area contributed by atoms with E-state index in [0.717, 1.165) is 31.5 Å². The van der Waals surface area contributed by atoms with E-state index in [0.29, 0.717) is 0 Å². The average Bonchev–Trinajstić information content (AvgIpc) is 2.30. The topological polar surface area (TPSA) is 32.3 Å². The Morgan fingerprint density at radius 2 is 2.19 bits per heavy atom. The molecule has 1 aromatic rings. The van der Waals surface area contributed by atoms with Crippen LogP contribution < -0.4 is 5.32 Å². The van der Waals surface area contributed by atoms with Gasteiger partial charge in [-0.1, -0.05) is 12.1 Å². The van der Waals surface area contributed by atoms with Gasteiger partial charge in [0.15, 0.2) is 0 Å². The lowest BCUT2D eigenvalue weighted by Gasteiger charge is -2.24.